The number of rotatable bonds is 11. The average Bonchev–Trinajstić information content (AvgIpc) is 2.46. The topological polar surface area (TPSA) is 87.0 Å². The number of hydrogen-bond donors (Lipinski definition) is 3. The number of unbranched alkanes of at least 4 members (excludes halogenated alkanes) is 3. The first-order chi connectivity index (χ1) is 9.54. The Balaban J connectivity index is 4.05. The van der Waals surface area contributed by atoms with E-state index in [1.807, 2.05) is 0 Å². The van der Waals surface area contributed by atoms with Gasteiger partial charge in [-0.1, -0.05) is 6.42 Å². The van der Waals surface area contributed by atoms with Gasteiger partial charge in [0.2, 0.25) is 0 Å². The van der Waals surface area contributed by atoms with E-state index in [2.05, 4.69) is 0 Å². The van der Waals surface area contributed by atoms with Crippen LogP contribution in [0, 0.1) is 0 Å². The number of ether oxygens (including phenoxy) is 1. The highest BCUT2D eigenvalue weighted by Crippen LogP contribution is 2.14. The Bertz CT molecular complexity index is 299. The molecule has 0 aromatic heterocycles. The smallest absolute Gasteiger partial charge is 0.333 e. The molecule has 20 heavy (non-hydrogen) atoms. The van der Waals surface area contributed by atoms with Crippen molar-refractivity contribution in [2.45, 2.75) is 58.5 Å². The third-order valence-corrected chi connectivity index (χ3v) is 3.32. The molecule has 0 aliphatic rings. The molecule has 0 rings (SSSR count). The molecule has 0 aromatic rings. The van der Waals surface area contributed by atoms with E-state index in [0.717, 1.165) is 25.7 Å². The fraction of sp³-hybridized carbons (Fsp3) is 0.800. The Morgan fingerprint density at radius 3 is 2.20 bits per heavy atom. The molecule has 0 aliphatic carbocycles. The second kappa shape index (κ2) is 11.9. The summed E-state index contributed by atoms with van der Waals surface area (Å²) in [6.07, 6.45) is 3.66. The molecular weight excluding hydrogens is 260 g/mol. The molecule has 118 valence electrons. The van der Waals surface area contributed by atoms with Crippen LogP contribution in [0.15, 0.2) is 11.1 Å². The molecule has 0 aromatic carbocycles. The fourth-order valence-electron chi connectivity index (χ4n) is 1.75. The van der Waals surface area contributed by atoms with E-state index in [1.165, 1.54) is 0 Å². The molecule has 0 aliphatic heterocycles. The Kier molecular flexibility index (Phi) is 11.3. The second-order valence-corrected chi connectivity index (χ2v) is 4.96. The van der Waals surface area contributed by atoms with Crippen molar-refractivity contribution >= 4 is 5.97 Å². The zero-order valence-electron chi connectivity index (χ0n) is 12.6. The van der Waals surface area contributed by atoms with Crippen molar-refractivity contribution in [3.8, 4) is 0 Å². The van der Waals surface area contributed by atoms with Gasteiger partial charge in [0, 0.05) is 18.8 Å². The zero-order valence-corrected chi connectivity index (χ0v) is 12.6. The van der Waals surface area contributed by atoms with E-state index in [1.54, 1.807) is 13.8 Å². The molecule has 0 spiro atoms. The van der Waals surface area contributed by atoms with Crippen molar-refractivity contribution in [1.29, 1.82) is 0 Å². The average molecular weight is 288 g/mol. The highest BCUT2D eigenvalue weighted by molar-refractivity contribution is 5.88. The number of hydrogen-bond acceptors (Lipinski definition) is 5. The summed E-state index contributed by atoms with van der Waals surface area (Å²) in [5.74, 6) is -0.396. The predicted octanol–water partition coefficient (Wildman–Crippen LogP) is 1.55. The Morgan fingerprint density at radius 2 is 1.60 bits per heavy atom. The van der Waals surface area contributed by atoms with E-state index in [-0.39, 0.29) is 13.2 Å². The van der Waals surface area contributed by atoms with Gasteiger partial charge in [0.1, 0.15) is 0 Å². The van der Waals surface area contributed by atoms with E-state index >= 15 is 0 Å². The SMILES string of the molecule is CC(C(=O)OCCCCCCO)=C(C)C(O)CCCO. The summed E-state index contributed by atoms with van der Waals surface area (Å²) < 4.78 is 5.14. The number of aliphatic hydroxyl groups excluding tert-OH is 3. The largest absolute Gasteiger partial charge is 0.462 e. The maximum atomic E-state index is 11.8. The van der Waals surface area contributed by atoms with Crippen LogP contribution in [-0.2, 0) is 9.53 Å². The van der Waals surface area contributed by atoms with E-state index in [0.29, 0.717) is 30.6 Å². The van der Waals surface area contributed by atoms with Gasteiger partial charge >= 0.3 is 5.97 Å². The first-order valence-corrected chi connectivity index (χ1v) is 7.28. The normalized spacial score (nSPS) is 13.8. The van der Waals surface area contributed by atoms with Crippen molar-refractivity contribution in [3.63, 3.8) is 0 Å². The highest BCUT2D eigenvalue weighted by atomic mass is 16.5. The molecule has 5 heteroatoms. The summed E-state index contributed by atoms with van der Waals surface area (Å²) in [5, 5.41) is 27.2. The van der Waals surface area contributed by atoms with Gasteiger partial charge in [-0.25, -0.2) is 4.79 Å². The van der Waals surface area contributed by atoms with Crippen LogP contribution in [0.4, 0.5) is 0 Å². The van der Waals surface area contributed by atoms with Gasteiger partial charge in [-0.2, -0.15) is 0 Å². The van der Waals surface area contributed by atoms with Crippen LogP contribution in [0.25, 0.3) is 0 Å². The minimum atomic E-state index is -0.709. The van der Waals surface area contributed by atoms with E-state index in [9.17, 15) is 9.90 Å². The van der Waals surface area contributed by atoms with Crippen LogP contribution in [0.5, 0.6) is 0 Å². The number of carbonyl (C=O) groups is 1. The lowest BCUT2D eigenvalue weighted by Crippen LogP contribution is -2.16. The predicted molar refractivity (Wildman–Crippen MR) is 77.2 cm³/mol. The van der Waals surface area contributed by atoms with E-state index < -0.39 is 12.1 Å². The van der Waals surface area contributed by atoms with Crippen molar-refractivity contribution in [2.75, 3.05) is 19.8 Å². The van der Waals surface area contributed by atoms with Gasteiger partial charge in [0.15, 0.2) is 0 Å². The van der Waals surface area contributed by atoms with Gasteiger partial charge in [-0.3, -0.25) is 0 Å². The second-order valence-electron chi connectivity index (χ2n) is 4.96. The molecule has 0 saturated heterocycles. The quantitative estimate of drug-likeness (QED) is 0.305. The third-order valence-electron chi connectivity index (χ3n) is 3.32. The lowest BCUT2D eigenvalue weighted by molar-refractivity contribution is -0.139. The van der Waals surface area contributed by atoms with Crippen molar-refractivity contribution in [2.24, 2.45) is 0 Å². The van der Waals surface area contributed by atoms with Crippen LogP contribution in [0.1, 0.15) is 52.4 Å². The molecule has 5 nitrogen and oxygen atoms in total. The van der Waals surface area contributed by atoms with Crippen LogP contribution < -0.4 is 0 Å². The summed E-state index contributed by atoms with van der Waals surface area (Å²) in [5.41, 5.74) is 1.04. The Hall–Kier alpha value is -0.910. The van der Waals surface area contributed by atoms with Gasteiger partial charge < -0.3 is 20.1 Å². The first kappa shape index (κ1) is 19.1. The molecule has 3 N–H and O–H groups in total. The lowest BCUT2D eigenvalue weighted by atomic mass is 10.0. The zero-order chi connectivity index (χ0) is 15.4. The minimum absolute atomic E-state index is 0.0294. The standard InChI is InChI=1S/C15H28O5/c1-12(14(18)8-7-10-17)13(2)15(19)20-11-6-4-3-5-9-16/h14,16-18H,3-11H2,1-2H3. The molecule has 0 bridgehead atoms. The number of carbonyl (C=O) groups excluding carboxylic acids is 1. The van der Waals surface area contributed by atoms with Crippen molar-refractivity contribution < 1.29 is 24.9 Å². The maximum Gasteiger partial charge on any atom is 0.333 e. The first-order valence-electron chi connectivity index (χ1n) is 7.28. The van der Waals surface area contributed by atoms with Crippen LogP contribution in [0.3, 0.4) is 0 Å². The molecule has 1 atom stereocenters. The molecule has 1 unspecified atom stereocenters. The Labute approximate surface area is 121 Å². The fourth-order valence-corrected chi connectivity index (χ4v) is 1.75. The molecule has 0 saturated carbocycles. The third kappa shape index (κ3) is 8.30. The maximum absolute atomic E-state index is 11.8. The van der Waals surface area contributed by atoms with Crippen LogP contribution >= 0.6 is 0 Å². The summed E-state index contributed by atoms with van der Waals surface area (Å²) in [4.78, 5) is 11.8. The molecule has 0 radical (unpaired) electrons. The Morgan fingerprint density at radius 1 is 1.00 bits per heavy atom. The van der Waals surface area contributed by atoms with Gasteiger partial charge in [0.25, 0.3) is 0 Å². The molecular formula is C15H28O5. The lowest BCUT2D eigenvalue weighted by Gasteiger charge is -2.14. The van der Waals surface area contributed by atoms with Crippen molar-refractivity contribution in [3.05, 3.63) is 11.1 Å². The van der Waals surface area contributed by atoms with Gasteiger partial charge in [0.05, 0.1) is 12.7 Å². The summed E-state index contributed by atoms with van der Waals surface area (Å²) in [6, 6.07) is 0. The summed E-state index contributed by atoms with van der Waals surface area (Å²) >= 11 is 0. The summed E-state index contributed by atoms with van der Waals surface area (Å²) in [7, 11) is 0. The van der Waals surface area contributed by atoms with E-state index in [4.69, 9.17) is 14.9 Å². The van der Waals surface area contributed by atoms with Gasteiger partial charge in [-0.05, 0) is 51.5 Å². The van der Waals surface area contributed by atoms with Crippen molar-refractivity contribution in [1.82, 2.24) is 0 Å². The highest BCUT2D eigenvalue weighted by Gasteiger charge is 2.15. The number of aliphatic hydroxyl groups is 3. The molecule has 0 amide bonds. The minimum Gasteiger partial charge on any atom is -0.462 e. The number of esters is 1. The summed E-state index contributed by atoms with van der Waals surface area (Å²) in [6.45, 7) is 3.95. The van der Waals surface area contributed by atoms with Gasteiger partial charge in [-0.15, -0.1) is 0 Å². The molecule has 0 heterocycles. The monoisotopic (exact) mass is 288 g/mol. The van der Waals surface area contributed by atoms with Crippen LogP contribution in [-0.4, -0.2) is 47.2 Å². The van der Waals surface area contributed by atoms with Crippen LogP contribution in [0.2, 0.25) is 0 Å². The molecule has 0 fully saturated rings.